The second-order valence-corrected chi connectivity index (χ2v) is 5.30. The Kier molecular flexibility index (Phi) is 6.32. The molecular formula is C11H11ClO3S2. The first-order chi connectivity index (χ1) is 8.24. The molecule has 1 aromatic heterocycles. The first-order valence-corrected chi connectivity index (χ1v) is 7.14. The zero-order chi connectivity index (χ0) is 12.7. The van der Waals surface area contributed by atoms with Gasteiger partial charge in [0.05, 0.1) is 10.8 Å². The summed E-state index contributed by atoms with van der Waals surface area (Å²) in [6, 6.07) is 1.86. The van der Waals surface area contributed by atoms with Crippen molar-refractivity contribution >= 4 is 47.0 Å². The Balaban J connectivity index is 0.000000249. The number of rotatable bonds is 2. The number of halogens is 1. The van der Waals surface area contributed by atoms with Crippen molar-refractivity contribution in [3.63, 3.8) is 0 Å². The molecule has 3 nitrogen and oxygen atoms in total. The number of carbonyl (C=O) groups excluding carboxylic acids is 2. The molecule has 0 saturated carbocycles. The molecule has 0 spiro atoms. The lowest BCUT2D eigenvalue weighted by Gasteiger charge is -2.11. The van der Waals surface area contributed by atoms with E-state index in [0.717, 1.165) is 9.77 Å². The van der Waals surface area contributed by atoms with Crippen molar-refractivity contribution in [2.75, 3.05) is 12.4 Å². The van der Waals surface area contributed by atoms with Gasteiger partial charge < -0.3 is 4.74 Å². The van der Waals surface area contributed by atoms with E-state index in [4.69, 9.17) is 11.6 Å². The summed E-state index contributed by atoms with van der Waals surface area (Å²) in [6.45, 7) is 2.66. The van der Waals surface area contributed by atoms with Gasteiger partial charge in [0.25, 0.3) is 6.47 Å². The summed E-state index contributed by atoms with van der Waals surface area (Å²) in [6.07, 6.45) is 0. The molecule has 0 aromatic carbocycles. The second-order valence-electron chi connectivity index (χ2n) is 2.93. The standard InChI is InChI=1S/C8H5ClOS2.C3H6O2/c9-3-5-4-12-8-6(7(5)10)1-2-11-8;1-2-5-3-4/h1-3H,4H2;3H,2H2,1H3. The van der Waals surface area contributed by atoms with E-state index in [-0.39, 0.29) is 5.78 Å². The average Bonchev–Trinajstić information content (AvgIpc) is 2.80. The van der Waals surface area contributed by atoms with Crippen LogP contribution in [0, 0.1) is 0 Å². The summed E-state index contributed by atoms with van der Waals surface area (Å²) in [5, 5.41) is 1.94. The minimum atomic E-state index is 0.0833. The number of carbonyl (C=O) groups is 2. The van der Waals surface area contributed by atoms with Crippen molar-refractivity contribution in [1.29, 1.82) is 0 Å². The Bertz CT molecular complexity index is 426. The fraction of sp³-hybridized carbons (Fsp3) is 0.273. The Hall–Kier alpha value is -0.780. The van der Waals surface area contributed by atoms with Crippen LogP contribution in [0.3, 0.4) is 0 Å². The van der Waals surface area contributed by atoms with Gasteiger partial charge in [0.15, 0.2) is 5.78 Å². The number of Topliss-reactive ketones (excluding diaryl/α,β-unsaturated/α-hetero) is 1. The van der Waals surface area contributed by atoms with Crippen molar-refractivity contribution in [3.05, 3.63) is 28.1 Å². The number of thiophene rings is 1. The lowest BCUT2D eigenvalue weighted by atomic mass is 10.1. The maximum absolute atomic E-state index is 11.5. The van der Waals surface area contributed by atoms with Gasteiger partial charge in [-0.05, 0) is 18.4 Å². The Labute approximate surface area is 113 Å². The largest absolute Gasteiger partial charge is 0.468 e. The number of hydrogen-bond acceptors (Lipinski definition) is 5. The van der Waals surface area contributed by atoms with Crippen molar-refractivity contribution < 1.29 is 14.3 Å². The lowest BCUT2D eigenvalue weighted by molar-refractivity contribution is -0.128. The highest BCUT2D eigenvalue weighted by atomic mass is 35.5. The molecule has 0 saturated heterocycles. The molecule has 1 aromatic rings. The van der Waals surface area contributed by atoms with E-state index in [1.807, 2.05) is 11.4 Å². The molecule has 1 aliphatic rings. The minimum absolute atomic E-state index is 0.0833. The summed E-state index contributed by atoms with van der Waals surface area (Å²) in [7, 11) is 0. The van der Waals surface area contributed by atoms with Crippen LogP contribution in [-0.2, 0) is 9.53 Å². The summed E-state index contributed by atoms with van der Waals surface area (Å²) in [4.78, 5) is 20.7. The normalized spacial score (nSPS) is 15.9. The zero-order valence-electron chi connectivity index (χ0n) is 9.14. The topological polar surface area (TPSA) is 43.4 Å². The molecule has 0 amide bonds. The Morgan fingerprint density at radius 2 is 2.35 bits per heavy atom. The third kappa shape index (κ3) is 3.87. The number of thioether (sulfide) groups is 1. The molecule has 0 N–H and O–H groups in total. The third-order valence-corrected chi connectivity index (χ3v) is 4.44. The highest BCUT2D eigenvalue weighted by Gasteiger charge is 2.22. The molecule has 92 valence electrons. The molecule has 0 unspecified atom stereocenters. The van der Waals surface area contributed by atoms with Crippen molar-refractivity contribution in [3.8, 4) is 0 Å². The monoisotopic (exact) mass is 290 g/mol. The van der Waals surface area contributed by atoms with Gasteiger partial charge in [-0.2, -0.15) is 0 Å². The molecule has 1 aliphatic heterocycles. The maximum Gasteiger partial charge on any atom is 0.293 e. The Morgan fingerprint density at radius 3 is 2.88 bits per heavy atom. The van der Waals surface area contributed by atoms with Crippen LogP contribution < -0.4 is 0 Å². The van der Waals surface area contributed by atoms with E-state index in [2.05, 4.69) is 4.74 Å². The van der Waals surface area contributed by atoms with Gasteiger partial charge in [0, 0.05) is 22.4 Å². The van der Waals surface area contributed by atoms with E-state index >= 15 is 0 Å². The number of hydrogen-bond donors (Lipinski definition) is 0. The summed E-state index contributed by atoms with van der Waals surface area (Å²) in [5.41, 5.74) is 2.89. The van der Waals surface area contributed by atoms with Gasteiger partial charge in [-0.3, -0.25) is 9.59 Å². The smallest absolute Gasteiger partial charge is 0.293 e. The van der Waals surface area contributed by atoms with Gasteiger partial charge in [-0.1, -0.05) is 11.6 Å². The third-order valence-electron chi connectivity index (χ3n) is 1.89. The molecule has 0 bridgehead atoms. The molecule has 0 radical (unpaired) electrons. The van der Waals surface area contributed by atoms with E-state index in [1.165, 1.54) is 5.54 Å². The highest BCUT2D eigenvalue weighted by Crippen LogP contribution is 2.36. The van der Waals surface area contributed by atoms with Gasteiger partial charge in [0.1, 0.15) is 0 Å². The minimum Gasteiger partial charge on any atom is -0.468 e. The van der Waals surface area contributed by atoms with Gasteiger partial charge in [0.2, 0.25) is 0 Å². The fourth-order valence-electron chi connectivity index (χ4n) is 1.11. The van der Waals surface area contributed by atoms with Crippen molar-refractivity contribution in [2.45, 2.75) is 11.1 Å². The highest BCUT2D eigenvalue weighted by molar-refractivity contribution is 8.01. The van der Waals surface area contributed by atoms with Gasteiger partial charge in [-0.25, -0.2) is 0 Å². The van der Waals surface area contributed by atoms with E-state index in [0.29, 0.717) is 24.4 Å². The fourth-order valence-corrected chi connectivity index (χ4v) is 3.42. The predicted molar refractivity (Wildman–Crippen MR) is 71.0 cm³/mol. The number of fused-ring (bicyclic) bond motifs is 1. The SMILES string of the molecule is CCOC=O.O=C1C(=CCl)CSc2sccc21. The van der Waals surface area contributed by atoms with Crippen LogP contribution in [0.2, 0.25) is 0 Å². The first kappa shape index (κ1) is 14.3. The first-order valence-electron chi connectivity index (χ1n) is 4.84. The summed E-state index contributed by atoms with van der Waals surface area (Å²) >= 11 is 8.81. The molecule has 0 fully saturated rings. The molecule has 17 heavy (non-hydrogen) atoms. The van der Waals surface area contributed by atoms with E-state index in [1.54, 1.807) is 30.0 Å². The van der Waals surface area contributed by atoms with Crippen LogP contribution in [0.15, 0.2) is 26.8 Å². The van der Waals surface area contributed by atoms with Gasteiger partial charge in [-0.15, -0.1) is 23.1 Å². The summed E-state index contributed by atoms with van der Waals surface area (Å²) < 4.78 is 5.27. The van der Waals surface area contributed by atoms with Crippen LogP contribution in [0.1, 0.15) is 17.3 Å². The van der Waals surface area contributed by atoms with E-state index in [9.17, 15) is 9.59 Å². The van der Waals surface area contributed by atoms with Crippen molar-refractivity contribution in [2.24, 2.45) is 0 Å². The molecule has 6 heteroatoms. The quantitative estimate of drug-likeness (QED) is 0.619. The van der Waals surface area contributed by atoms with Crippen LogP contribution in [-0.4, -0.2) is 24.6 Å². The molecule has 0 aliphatic carbocycles. The van der Waals surface area contributed by atoms with Crippen LogP contribution in [0.4, 0.5) is 0 Å². The zero-order valence-corrected chi connectivity index (χ0v) is 11.5. The molecule has 0 atom stereocenters. The number of ketones is 1. The maximum atomic E-state index is 11.5. The number of ether oxygens (including phenoxy) is 1. The van der Waals surface area contributed by atoms with E-state index < -0.39 is 0 Å². The average molecular weight is 291 g/mol. The predicted octanol–water partition coefficient (Wildman–Crippen LogP) is 3.34. The Morgan fingerprint density at radius 1 is 1.59 bits per heavy atom. The van der Waals surface area contributed by atoms with Crippen molar-refractivity contribution in [1.82, 2.24) is 0 Å². The van der Waals surface area contributed by atoms with Crippen LogP contribution in [0.25, 0.3) is 0 Å². The molecular weight excluding hydrogens is 280 g/mol. The van der Waals surface area contributed by atoms with Crippen LogP contribution in [0.5, 0.6) is 0 Å². The molecule has 2 rings (SSSR count). The summed E-state index contributed by atoms with van der Waals surface area (Å²) in [5.74, 6) is 0.788. The van der Waals surface area contributed by atoms with Crippen LogP contribution >= 0.6 is 34.7 Å². The lowest BCUT2D eigenvalue weighted by Crippen LogP contribution is -2.09. The van der Waals surface area contributed by atoms with Gasteiger partial charge >= 0.3 is 0 Å². The second kappa shape index (κ2) is 7.53. The molecule has 2 heterocycles.